The SMILES string of the molecule is CC(=O)Nc1nc(C)c(N=C=O)s1. The van der Waals surface area contributed by atoms with Gasteiger partial charge in [-0.3, -0.25) is 4.79 Å². The van der Waals surface area contributed by atoms with Gasteiger partial charge in [-0.15, -0.1) is 0 Å². The third-order valence-corrected chi connectivity index (χ3v) is 2.17. The minimum atomic E-state index is -0.199. The summed E-state index contributed by atoms with van der Waals surface area (Å²) in [5, 5.41) is 3.42. The van der Waals surface area contributed by atoms with Crippen molar-refractivity contribution in [1.82, 2.24) is 4.98 Å². The molecular formula is C7H7N3O2S. The van der Waals surface area contributed by atoms with Crippen molar-refractivity contribution in [2.75, 3.05) is 5.32 Å². The second kappa shape index (κ2) is 3.93. The Kier molecular flexibility index (Phi) is 2.89. The molecule has 0 saturated heterocycles. The third-order valence-electron chi connectivity index (χ3n) is 1.20. The van der Waals surface area contributed by atoms with Crippen molar-refractivity contribution in [3.05, 3.63) is 5.69 Å². The van der Waals surface area contributed by atoms with E-state index in [9.17, 15) is 9.59 Å². The second-order valence-electron chi connectivity index (χ2n) is 2.29. The van der Waals surface area contributed by atoms with E-state index in [1.165, 1.54) is 13.0 Å². The summed E-state index contributed by atoms with van der Waals surface area (Å²) in [6.07, 6.45) is 1.42. The van der Waals surface area contributed by atoms with Crippen molar-refractivity contribution in [3.8, 4) is 0 Å². The minimum Gasteiger partial charge on any atom is -0.302 e. The average Bonchev–Trinajstić information content (AvgIpc) is 2.31. The molecule has 6 heteroatoms. The molecule has 13 heavy (non-hydrogen) atoms. The average molecular weight is 197 g/mol. The van der Waals surface area contributed by atoms with Crippen molar-refractivity contribution in [3.63, 3.8) is 0 Å². The molecule has 0 unspecified atom stereocenters. The van der Waals surface area contributed by atoms with Crippen LogP contribution in [0.4, 0.5) is 10.1 Å². The fourth-order valence-corrected chi connectivity index (χ4v) is 1.57. The Labute approximate surface area is 78.5 Å². The molecule has 0 fully saturated rings. The van der Waals surface area contributed by atoms with Crippen LogP contribution in [0.5, 0.6) is 0 Å². The number of aliphatic imine (C=N–C) groups is 1. The third kappa shape index (κ3) is 2.47. The molecule has 1 rings (SSSR count). The highest BCUT2D eigenvalue weighted by molar-refractivity contribution is 7.19. The molecule has 0 atom stereocenters. The van der Waals surface area contributed by atoms with Gasteiger partial charge in [0.25, 0.3) is 0 Å². The molecule has 0 saturated carbocycles. The number of hydrogen-bond donors (Lipinski definition) is 1. The molecule has 1 aromatic heterocycles. The normalized spacial score (nSPS) is 9.08. The van der Waals surface area contributed by atoms with Crippen LogP contribution in [0.2, 0.25) is 0 Å². The number of thiazole rings is 1. The summed E-state index contributed by atoms with van der Waals surface area (Å²) in [6.45, 7) is 3.09. The first-order valence-corrected chi connectivity index (χ1v) is 4.28. The summed E-state index contributed by atoms with van der Waals surface area (Å²) in [7, 11) is 0. The van der Waals surface area contributed by atoms with Gasteiger partial charge in [0.1, 0.15) is 0 Å². The molecule has 5 nitrogen and oxygen atoms in total. The van der Waals surface area contributed by atoms with E-state index in [0.717, 1.165) is 11.3 Å². The lowest BCUT2D eigenvalue weighted by Crippen LogP contribution is -2.04. The number of aromatic nitrogens is 1. The molecule has 0 aliphatic carbocycles. The molecule has 1 N–H and O–H groups in total. The number of amides is 1. The second-order valence-corrected chi connectivity index (χ2v) is 3.27. The summed E-state index contributed by atoms with van der Waals surface area (Å²) in [5.74, 6) is -0.199. The van der Waals surface area contributed by atoms with Crippen LogP contribution < -0.4 is 5.32 Å². The van der Waals surface area contributed by atoms with Crippen molar-refractivity contribution in [2.24, 2.45) is 4.99 Å². The van der Waals surface area contributed by atoms with Crippen LogP contribution in [0.25, 0.3) is 0 Å². The molecule has 1 amide bonds. The number of aryl methyl sites for hydroxylation is 1. The van der Waals surface area contributed by atoms with Crippen molar-refractivity contribution >= 4 is 33.5 Å². The summed E-state index contributed by atoms with van der Waals surface area (Å²) in [4.78, 5) is 28.0. The predicted octanol–water partition coefficient (Wildman–Crippen LogP) is 1.38. The molecule has 68 valence electrons. The number of hydrogen-bond acceptors (Lipinski definition) is 5. The van der Waals surface area contributed by atoms with Crippen LogP contribution in [0.3, 0.4) is 0 Å². The predicted molar refractivity (Wildman–Crippen MR) is 48.9 cm³/mol. The van der Waals surface area contributed by atoms with E-state index in [2.05, 4.69) is 15.3 Å². The standard InChI is InChI=1S/C7H7N3O2S/c1-4-6(8-3-11)13-7(9-4)10-5(2)12/h1-2H3,(H,9,10,12). The van der Waals surface area contributed by atoms with Gasteiger partial charge in [0, 0.05) is 6.92 Å². The van der Waals surface area contributed by atoms with Crippen LogP contribution >= 0.6 is 11.3 Å². The Morgan fingerprint density at radius 1 is 1.69 bits per heavy atom. The first-order chi connectivity index (χ1) is 6.13. The van der Waals surface area contributed by atoms with Gasteiger partial charge in [-0.1, -0.05) is 11.3 Å². The monoisotopic (exact) mass is 197 g/mol. The quantitative estimate of drug-likeness (QED) is 0.575. The van der Waals surface area contributed by atoms with E-state index >= 15 is 0 Å². The molecule has 0 aliphatic heterocycles. The molecular weight excluding hydrogens is 190 g/mol. The van der Waals surface area contributed by atoms with Gasteiger partial charge in [0.2, 0.25) is 12.0 Å². The highest BCUT2D eigenvalue weighted by Crippen LogP contribution is 2.29. The highest BCUT2D eigenvalue weighted by atomic mass is 32.1. The molecule has 0 bridgehead atoms. The zero-order valence-electron chi connectivity index (χ0n) is 7.12. The molecule has 0 spiro atoms. The topological polar surface area (TPSA) is 71.4 Å². The van der Waals surface area contributed by atoms with E-state index in [-0.39, 0.29) is 5.91 Å². The van der Waals surface area contributed by atoms with E-state index < -0.39 is 0 Å². The first kappa shape index (κ1) is 9.57. The zero-order chi connectivity index (χ0) is 9.84. The fourth-order valence-electron chi connectivity index (χ4n) is 0.738. The molecule has 0 radical (unpaired) electrons. The van der Waals surface area contributed by atoms with Crippen LogP contribution in [0, 0.1) is 6.92 Å². The molecule has 1 heterocycles. The smallest absolute Gasteiger partial charge is 0.241 e. The molecule has 0 aromatic carbocycles. The first-order valence-electron chi connectivity index (χ1n) is 3.46. The van der Waals surface area contributed by atoms with Crippen LogP contribution in [0.15, 0.2) is 4.99 Å². The van der Waals surface area contributed by atoms with E-state index in [0.29, 0.717) is 15.8 Å². The van der Waals surface area contributed by atoms with Gasteiger partial charge in [-0.2, -0.15) is 4.99 Å². The van der Waals surface area contributed by atoms with Crippen molar-refractivity contribution in [2.45, 2.75) is 13.8 Å². The molecule has 1 aromatic rings. The lowest BCUT2D eigenvalue weighted by Gasteiger charge is -1.91. The maximum atomic E-state index is 10.6. The van der Waals surface area contributed by atoms with Gasteiger partial charge >= 0.3 is 0 Å². The van der Waals surface area contributed by atoms with Gasteiger partial charge < -0.3 is 5.32 Å². The largest absolute Gasteiger partial charge is 0.302 e. The number of carbonyl (C=O) groups excluding carboxylic acids is 2. The minimum absolute atomic E-state index is 0.199. The number of isocyanates is 1. The Hall–Kier alpha value is -1.52. The lowest BCUT2D eigenvalue weighted by atomic mass is 10.5. The van der Waals surface area contributed by atoms with Crippen LogP contribution in [-0.4, -0.2) is 17.0 Å². The van der Waals surface area contributed by atoms with Gasteiger partial charge in [-0.05, 0) is 6.92 Å². The zero-order valence-corrected chi connectivity index (χ0v) is 7.94. The Bertz CT molecular complexity index is 379. The van der Waals surface area contributed by atoms with Crippen molar-refractivity contribution in [1.29, 1.82) is 0 Å². The number of nitrogens with one attached hydrogen (secondary N) is 1. The van der Waals surface area contributed by atoms with Gasteiger partial charge in [0.15, 0.2) is 10.1 Å². The van der Waals surface area contributed by atoms with Gasteiger partial charge in [0.05, 0.1) is 5.69 Å². The number of anilines is 1. The van der Waals surface area contributed by atoms with Crippen LogP contribution in [-0.2, 0) is 9.59 Å². The van der Waals surface area contributed by atoms with Gasteiger partial charge in [-0.25, -0.2) is 9.78 Å². The Morgan fingerprint density at radius 2 is 2.38 bits per heavy atom. The van der Waals surface area contributed by atoms with E-state index in [1.807, 2.05) is 0 Å². The lowest BCUT2D eigenvalue weighted by molar-refractivity contribution is -0.114. The maximum absolute atomic E-state index is 10.6. The van der Waals surface area contributed by atoms with Crippen LogP contribution in [0.1, 0.15) is 12.6 Å². The van der Waals surface area contributed by atoms with Crippen molar-refractivity contribution < 1.29 is 9.59 Å². The number of nitrogens with zero attached hydrogens (tertiary/aromatic N) is 2. The Morgan fingerprint density at radius 3 is 2.92 bits per heavy atom. The number of carbonyl (C=O) groups is 1. The number of rotatable bonds is 2. The fraction of sp³-hybridized carbons (Fsp3) is 0.286. The van der Waals surface area contributed by atoms with E-state index in [4.69, 9.17) is 0 Å². The summed E-state index contributed by atoms with van der Waals surface area (Å²) >= 11 is 1.14. The van der Waals surface area contributed by atoms with E-state index in [1.54, 1.807) is 6.92 Å². The summed E-state index contributed by atoms with van der Waals surface area (Å²) in [5.41, 5.74) is 0.608. The summed E-state index contributed by atoms with van der Waals surface area (Å²) in [6, 6.07) is 0. The summed E-state index contributed by atoms with van der Waals surface area (Å²) < 4.78 is 0. The molecule has 0 aliphatic rings. The Balaban J connectivity index is 2.94. The maximum Gasteiger partial charge on any atom is 0.241 e. The highest BCUT2D eigenvalue weighted by Gasteiger charge is 2.06.